The van der Waals surface area contributed by atoms with Crippen LogP contribution >= 0.6 is 15.9 Å². The first-order valence-corrected chi connectivity index (χ1v) is 5.32. The Bertz CT molecular complexity index is 610. The maximum atomic E-state index is 11.0. The van der Waals surface area contributed by atoms with Gasteiger partial charge in [0.05, 0.1) is 11.6 Å². The number of halogens is 1. The summed E-state index contributed by atoms with van der Waals surface area (Å²) >= 11 is 3.32. The van der Waals surface area contributed by atoms with Crippen molar-refractivity contribution in [2.24, 2.45) is 0 Å². The number of carboxylic acid groups (broad SMARTS) is 1. The minimum atomic E-state index is -1.03. The van der Waals surface area contributed by atoms with Crippen LogP contribution < -0.4 is 0 Å². The smallest absolute Gasteiger partial charge is 0.352 e. The average Bonchev–Trinajstić information content (AvgIpc) is 2.58. The van der Waals surface area contributed by atoms with Crippen molar-refractivity contribution in [1.82, 2.24) is 4.57 Å². The molecule has 80 valence electrons. The van der Waals surface area contributed by atoms with E-state index in [1.165, 1.54) is 4.57 Å². The Hall–Kier alpha value is -1.80. The summed E-state index contributed by atoms with van der Waals surface area (Å²) < 4.78 is 2.34. The molecule has 0 bridgehead atoms. The Balaban J connectivity index is 2.78. The third-order valence-corrected chi connectivity index (χ3v) is 2.81. The highest BCUT2D eigenvalue weighted by atomic mass is 79.9. The molecule has 1 aromatic carbocycles. The number of nitriles is 1. The molecule has 0 saturated heterocycles. The van der Waals surface area contributed by atoms with Crippen LogP contribution in [-0.2, 0) is 6.54 Å². The largest absolute Gasteiger partial charge is 0.477 e. The van der Waals surface area contributed by atoms with Gasteiger partial charge in [0, 0.05) is 9.86 Å². The van der Waals surface area contributed by atoms with Gasteiger partial charge in [-0.05, 0) is 18.2 Å². The number of rotatable bonds is 2. The molecular formula is C11H7BrN2O2. The molecule has 0 spiro atoms. The van der Waals surface area contributed by atoms with Crippen LogP contribution in [0.5, 0.6) is 0 Å². The Labute approximate surface area is 99.8 Å². The molecule has 4 nitrogen and oxygen atoms in total. The van der Waals surface area contributed by atoms with E-state index in [2.05, 4.69) is 15.9 Å². The molecule has 1 N–H and O–H groups in total. The van der Waals surface area contributed by atoms with Gasteiger partial charge in [0.2, 0.25) is 0 Å². The number of aromatic carboxylic acids is 1. The molecular weight excluding hydrogens is 272 g/mol. The number of hydrogen-bond acceptors (Lipinski definition) is 2. The molecule has 1 heterocycles. The van der Waals surface area contributed by atoms with E-state index in [-0.39, 0.29) is 12.2 Å². The second kappa shape index (κ2) is 3.99. The van der Waals surface area contributed by atoms with Crippen LogP contribution in [0.4, 0.5) is 0 Å². The number of nitrogens with zero attached hydrogens (tertiary/aromatic N) is 2. The second-order valence-corrected chi connectivity index (χ2v) is 4.20. The van der Waals surface area contributed by atoms with Crippen molar-refractivity contribution in [3.63, 3.8) is 0 Å². The topological polar surface area (TPSA) is 66.0 Å². The highest BCUT2D eigenvalue weighted by Gasteiger charge is 2.14. The fourth-order valence-electron chi connectivity index (χ4n) is 1.65. The van der Waals surface area contributed by atoms with Gasteiger partial charge in [-0.25, -0.2) is 4.79 Å². The zero-order valence-electron chi connectivity index (χ0n) is 8.14. The normalized spacial score (nSPS) is 10.2. The zero-order chi connectivity index (χ0) is 11.7. The summed E-state index contributed by atoms with van der Waals surface area (Å²) in [7, 11) is 0. The van der Waals surface area contributed by atoms with E-state index in [9.17, 15) is 4.79 Å². The molecule has 0 aliphatic carbocycles. The number of carbonyl (C=O) groups is 1. The van der Waals surface area contributed by atoms with Crippen LogP contribution in [0.15, 0.2) is 28.7 Å². The Kier molecular flexibility index (Phi) is 2.67. The summed E-state index contributed by atoms with van der Waals surface area (Å²) in [5, 5.41) is 18.5. The zero-order valence-corrected chi connectivity index (χ0v) is 9.73. The Morgan fingerprint density at radius 1 is 1.50 bits per heavy atom. The fourth-order valence-corrected chi connectivity index (χ4v) is 1.99. The predicted molar refractivity (Wildman–Crippen MR) is 62.2 cm³/mol. The molecule has 0 unspecified atom stereocenters. The maximum Gasteiger partial charge on any atom is 0.352 e. The summed E-state index contributed by atoms with van der Waals surface area (Å²) in [5.74, 6) is -1.03. The van der Waals surface area contributed by atoms with Crippen molar-refractivity contribution >= 4 is 32.8 Å². The van der Waals surface area contributed by atoms with E-state index in [0.29, 0.717) is 0 Å². The molecule has 0 saturated carbocycles. The van der Waals surface area contributed by atoms with Crippen LogP contribution in [-0.4, -0.2) is 15.6 Å². The average molecular weight is 279 g/mol. The molecule has 0 aliphatic heterocycles. The molecule has 0 atom stereocenters. The lowest BCUT2D eigenvalue weighted by Crippen LogP contribution is -2.07. The lowest BCUT2D eigenvalue weighted by molar-refractivity contribution is 0.0686. The first kappa shape index (κ1) is 10.7. The van der Waals surface area contributed by atoms with Crippen LogP contribution in [0.3, 0.4) is 0 Å². The van der Waals surface area contributed by atoms with Crippen molar-refractivity contribution in [3.8, 4) is 6.07 Å². The van der Waals surface area contributed by atoms with E-state index in [4.69, 9.17) is 10.4 Å². The second-order valence-electron chi connectivity index (χ2n) is 3.28. The van der Waals surface area contributed by atoms with Crippen LogP contribution in [0.1, 0.15) is 10.5 Å². The molecule has 0 radical (unpaired) electrons. The van der Waals surface area contributed by atoms with Gasteiger partial charge in [0.1, 0.15) is 12.2 Å². The lowest BCUT2D eigenvalue weighted by Gasteiger charge is -2.02. The van der Waals surface area contributed by atoms with E-state index < -0.39 is 5.97 Å². The number of aromatic nitrogens is 1. The molecule has 0 fully saturated rings. The molecule has 5 heteroatoms. The summed E-state index contributed by atoms with van der Waals surface area (Å²) in [6, 6.07) is 8.99. The van der Waals surface area contributed by atoms with Crippen molar-refractivity contribution in [2.75, 3.05) is 0 Å². The van der Waals surface area contributed by atoms with E-state index in [1.54, 1.807) is 12.1 Å². The van der Waals surface area contributed by atoms with Crippen molar-refractivity contribution in [2.45, 2.75) is 6.54 Å². The standard InChI is InChI=1S/C11H7BrN2O2/c12-8-2-1-7-5-10(11(15)16)14(4-3-13)9(7)6-8/h1-2,5-6H,4H2,(H,15,16). The molecule has 0 amide bonds. The molecule has 2 rings (SSSR count). The van der Waals surface area contributed by atoms with Crippen LogP contribution in [0, 0.1) is 11.3 Å². The van der Waals surface area contributed by atoms with Gasteiger partial charge in [0.15, 0.2) is 0 Å². The fraction of sp³-hybridized carbons (Fsp3) is 0.0909. The van der Waals surface area contributed by atoms with Gasteiger partial charge in [0.25, 0.3) is 0 Å². The summed E-state index contributed by atoms with van der Waals surface area (Å²) in [6.45, 7) is 0.0294. The number of fused-ring (bicyclic) bond motifs is 1. The lowest BCUT2D eigenvalue weighted by atomic mass is 10.2. The maximum absolute atomic E-state index is 11.0. The van der Waals surface area contributed by atoms with Crippen molar-refractivity contribution in [3.05, 3.63) is 34.4 Å². The summed E-state index contributed by atoms with van der Waals surface area (Å²) in [6.07, 6.45) is 0. The van der Waals surface area contributed by atoms with Gasteiger partial charge >= 0.3 is 5.97 Å². The van der Waals surface area contributed by atoms with Crippen molar-refractivity contribution in [1.29, 1.82) is 5.26 Å². The Morgan fingerprint density at radius 2 is 2.25 bits per heavy atom. The van der Waals surface area contributed by atoms with Gasteiger partial charge < -0.3 is 9.67 Å². The van der Waals surface area contributed by atoms with Crippen LogP contribution in [0.2, 0.25) is 0 Å². The van der Waals surface area contributed by atoms with Crippen LogP contribution in [0.25, 0.3) is 10.9 Å². The summed E-state index contributed by atoms with van der Waals surface area (Å²) in [4.78, 5) is 11.0. The highest BCUT2D eigenvalue weighted by molar-refractivity contribution is 9.10. The molecule has 1 aromatic heterocycles. The van der Waals surface area contributed by atoms with E-state index in [1.807, 2.05) is 18.2 Å². The van der Waals surface area contributed by atoms with Crippen molar-refractivity contribution < 1.29 is 9.90 Å². The SMILES string of the molecule is N#CCn1c(C(=O)O)cc2ccc(Br)cc21. The van der Waals surface area contributed by atoms with E-state index >= 15 is 0 Å². The van der Waals surface area contributed by atoms with E-state index in [0.717, 1.165) is 15.4 Å². The molecule has 0 aliphatic rings. The monoisotopic (exact) mass is 278 g/mol. The van der Waals surface area contributed by atoms with Gasteiger partial charge in [-0.15, -0.1) is 0 Å². The van der Waals surface area contributed by atoms with Gasteiger partial charge in [-0.1, -0.05) is 22.0 Å². The number of hydrogen-bond donors (Lipinski definition) is 1. The number of benzene rings is 1. The quantitative estimate of drug-likeness (QED) is 0.918. The Morgan fingerprint density at radius 3 is 2.88 bits per heavy atom. The van der Waals surface area contributed by atoms with Gasteiger partial charge in [-0.2, -0.15) is 5.26 Å². The molecule has 2 aromatic rings. The third kappa shape index (κ3) is 1.68. The minimum absolute atomic E-state index is 0.0294. The number of carboxylic acids is 1. The summed E-state index contributed by atoms with van der Waals surface area (Å²) in [5.41, 5.74) is 0.878. The van der Waals surface area contributed by atoms with Gasteiger partial charge in [-0.3, -0.25) is 0 Å². The highest BCUT2D eigenvalue weighted by Crippen LogP contribution is 2.23. The predicted octanol–water partition coefficient (Wildman–Crippen LogP) is 2.63. The third-order valence-electron chi connectivity index (χ3n) is 2.31. The first-order valence-electron chi connectivity index (χ1n) is 4.52. The molecule has 16 heavy (non-hydrogen) atoms. The first-order chi connectivity index (χ1) is 7.63. The minimum Gasteiger partial charge on any atom is -0.477 e.